The molecule has 5 N–H and O–H groups in total. The zero-order valence-corrected chi connectivity index (χ0v) is 11.8. The second-order valence-electron chi connectivity index (χ2n) is 5.53. The number of hydrogen-bond donors (Lipinski definition) is 4. The van der Waals surface area contributed by atoms with Gasteiger partial charge in [-0.1, -0.05) is 0 Å². The fourth-order valence-electron chi connectivity index (χ4n) is 2.84. The van der Waals surface area contributed by atoms with Crippen LogP contribution in [0.5, 0.6) is 0 Å². The minimum Gasteiger partial charge on any atom is -0.394 e. The fourth-order valence-corrected chi connectivity index (χ4v) is 2.84. The van der Waals surface area contributed by atoms with Crippen LogP contribution in [0.15, 0.2) is 12.4 Å². The van der Waals surface area contributed by atoms with E-state index in [1.807, 2.05) is 6.92 Å². The van der Waals surface area contributed by atoms with E-state index in [1.54, 1.807) is 10.6 Å². The van der Waals surface area contributed by atoms with E-state index in [0.717, 1.165) is 5.69 Å². The van der Waals surface area contributed by atoms with Gasteiger partial charge in [0.05, 0.1) is 12.0 Å². The number of aryl methyl sites for hydroxylation is 1. The van der Waals surface area contributed by atoms with Crippen molar-refractivity contribution >= 4 is 16.9 Å². The lowest BCUT2D eigenvalue weighted by molar-refractivity contribution is -0.0955. The summed E-state index contributed by atoms with van der Waals surface area (Å²) >= 11 is 0. The lowest BCUT2D eigenvalue weighted by Gasteiger charge is -2.28. The number of fused-ring (bicyclic) bond motifs is 1. The molecular formula is C13H18N4O4. The number of aromatic nitrogens is 3. The van der Waals surface area contributed by atoms with Crippen molar-refractivity contribution in [3.63, 3.8) is 0 Å². The molecule has 0 bridgehead atoms. The fraction of sp³-hybridized carbons (Fsp3) is 0.538. The first-order chi connectivity index (χ1) is 9.87. The number of hydrogen-bond acceptors (Lipinski definition) is 7. The molecule has 0 spiro atoms. The van der Waals surface area contributed by atoms with Crippen LogP contribution >= 0.6 is 0 Å². The number of nitrogen functional groups attached to an aromatic ring is 1. The smallest absolute Gasteiger partial charge is 0.167 e. The van der Waals surface area contributed by atoms with Crippen LogP contribution in [0.1, 0.15) is 18.8 Å². The molecule has 1 aliphatic rings. The van der Waals surface area contributed by atoms with Gasteiger partial charge < -0.3 is 30.4 Å². The van der Waals surface area contributed by atoms with Gasteiger partial charge in [-0.2, -0.15) is 0 Å². The van der Waals surface area contributed by atoms with Gasteiger partial charge in [0.2, 0.25) is 0 Å². The van der Waals surface area contributed by atoms with E-state index < -0.39 is 24.0 Å². The molecule has 1 aliphatic heterocycles. The lowest BCUT2D eigenvalue weighted by atomic mass is 9.96. The molecule has 2 aromatic heterocycles. The summed E-state index contributed by atoms with van der Waals surface area (Å²) in [5.41, 5.74) is 5.53. The Morgan fingerprint density at radius 1 is 1.48 bits per heavy atom. The van der Waals surface area contributed by atoms with Crippen LogP contribution in [0.25, 0.3) is 11.0 Å². The maximum atomic E-state index is 10.6. The third kappa shape index (κ3) is 1.91. The summed E-state index contributed by atoms with van der Waals surface area (Å²) in [6, 6.07) is 1.79. The quantitative estimate of drug-likeness (QED) is 0.578. The van der Waals surface area contributed by atoms with Crippen molar-refractivity contribution in [3.05, 3.63) is 18.1 Å². The zero-order valence-electron chi connectivity index (χ0n) is 11.8. The average molecular weight is 294 g/mol. The number of nitrogens with zero attached hydrogens (tertiary/aromatic N) is 3. The van der Waals surface area contributed by atoms with Crippen molar-refractivity contribution in [1.82, 2.24) is 14.5 Å². The number of aliphatic hydroxyl groups is 3. The molecule has 21 heavy (non-hydrogen) atoms. The van der Waals surface area contributed by atoms with Gasteiger partial charge in [0.1, 0.15) is 35.6 Å². The summed E-state index contributed by atoms with van der Waals surface area (Å²) in [5.74, 6) is 0.332. The van der Waals surface area contributed by atoms with Crippen LogP contribution in [-0.4, -0.2) is 54.3 Å². The van der Waals surface area contributed by atoms with Crippen molar-refractivity contribution in [2.24, 2.45) is 0 Å². The highest BCUT2D eigenvalue weighted by atomic mass is 16.6. The Bertz CT molecular complexity index is 684. The third-order valence-corrected chi connectivity index (χ3v) is 4.02. The van der Waals surface area contributed by atoms with Crippen LogP contribution in [0.4, 0.5) is 5.82 Å². The van der Waals surface area contributed by atoms with Gasteiger partial charge in [0.15, 0.2) is 6.23 Å². The molecule has 0 radical (unpaired) electrons. The van der Waals surface area contributed by atoms with E-state index in [0.29, 0.717) is 16.9 Å². The van der Waals surface area contributed by atoms with E-state index in [4.69, 9.17) is 10.5 Å². The summed E-state index contributed by atoms with van der Waals surface area (Å²) < 4.78 is 7.28. The maximum Gasteiger partial charge on any atom is 0.167 e. The van der Waals surface area contributed by atoms with Gasteiger partial charge in [-0.15, -0.1) is 0 Å². The van der Waals surface area contributed by atoms with E-state index in [-0.39, 0.29) is 6.61 Å². The highest BCUT2D eigenvalue weighted by Gasteiger charge is 2.53. The average Bonchev–Trinajstić information content (AvgIpc) is 2.87. The normalized spacial score (nSPS) is 32.9. The first-order valence-electron chi connectivity index (χ1n) is 6.62. The molecule has 114 valence electrons. The minimum absolute atomic E-state index is 0.332. The first-order valence-corrected chi connectivity index (χ1v) is 6.62. The number of ether oxygens (including phenoxy) is 1. The van der Waals surface area contributed by atoms with Crippen LogP contribution in [0.3, 0.4) is 0 Å². The highest BCUT2D eigenvalue weighted by Crippen LogP contribution is 2.40. The lowest BCUT2D eigenvalue weighted by Crippen LogP contribution is -2.44. The second kappa shape index (κ2) is 4.63. The standard InChI is InChI=1S/C13H18N4O4/c1-6-3-7-10(14)15-5-16-11(7)17(6)12-13(2,20)9(19)8(4-18)21-12/h3,5,8-9,12,18-20H,4H2,1-2H3,(H2,14,15,16)/t8?,9-,12?,13-/m1/s1. The minimum atomic E-state index is -1.57. The molecule has 3 heterocycles. The zero-order chi connectivity index (χ0) is 15.4. The topological polar surface area (TPSA) is 127 Å². The van der Waals surface area contributed by atoms with Gasteiger partial charge in [-0.05, 0) is 19.9 Å². The van der Waals surface area contributed by atoms with Crippen LogP contribution < -0.4 is 5.73 Å². The SMILES string of the molecule is Cc1cc2c(N)ncnc2n1C1OC(CO)[C@@H](O)[C@@]1(C)O. The highest BCUT2D eigenvalue weighted by molar-refractivity contribution is 5.87. The van der Waals surface area contributed by atoms with E-state index >= 15 is 0 Å². The molecule has 8 heteroatoms. The molecule has 2 unspecified atom stereocenters. The monoisotopic (exact) mass is 294 g/mol. The summed E-state index contributed by atoms with van der Waals surface area (Å²) in [6.45, 7) is 2.90. The van der Waals surface area contributed by atoms with Crippen molar-refractivity contribution in [1.29, 1.82) is 0 Å². The predicted molar refractivity (Wildman–Crippen MR) is 74.3 cm³/mol. The van der Waals surface area contributed by atoms with Crippen LogP contribution in [0.2, 0.25) is 0 Å². The number of aliphatic hydroxyl groups excluding tert-OH is 2. The maximum absolute atomic E-state index is 10.6. The Morgan fingerprint density at radius 2 is 2.19 bits per heavy atom. The molecule has 4 atom stereocenters. The Morgan fingerprint density at radius 3 is 2.81 bits per heavy atom. The summed E-state index contributed by atoms with van der Waals surface area (Å²) in [4.78, 5) is 8.12. The molecule has 0 saturated carbocycles. The van der Waals surface area contributed by atoms with Crippen molar-refractivity contribution < 1.29 is 20.1 Å². The Hall–Kier alpha value is -1.74. The molecule has 0 amide bonds. The van der Waals surface area contributed by atoms with Crippen molar-refractivity contribution in [2.45, 2.75) is 37.9 Å². The molecule has 1 fully saturated rings. The summed E-state index contributed by atoms with van der Waals surface area (Å²) in [5, 5.41) is 30.6. The number of anilines is 1. The molecule has 3 rings (SSSR count). The van der Waals surface area contributed by atoms with Gasteiger partial charge in [-0.3, -0.25) is 0 Å². The Balaban J connectivity index is 2.17. The first kappa shape index (κ1) is 14.2. The number of rotatable bonds is 2. The summed E-state index contributed by atoms with van der Waals surface area (Å²) in [7, 11) is 0. The Kier molecular flexibility index (Phi) is 3.14. The van der Waals surface area contributed by atoms with Gasteiger partial charge >= 0.3 is 0 Å². The molecule has 1 saturated heterocycles. The van der Waals surface area contributed by atoms with Crippen molar-refractivity contribution in [2.75, 3.05) is 12.3 Å². The molecule has 8 nitrogen and oxygen atoms in total. The van der Waals surface area contributed by atoms with Crippen LogP contribution in [0, 0.1) is 6.92 Å². The van der Waals surface area contributed by atoms with E-state index in [9.17, 15) is 15.3 Å². The van der Waals surface area contributed by atoms with Gasteiger partial charge in [-0.25, -0.2) is 9.97 Å². The van der Waals surface area contributed by atoms with Crippen LogP contribution in [-0.2, 0) is 4.74 Å². The Labute approximate surface area is 120 Å². The van der Waals surface area contributed by atoms with E-state index in [2.05, 4.69) is 9.97 Å². The molecule has 0 aliphatic carbocycles. The van der Waals surface area contributed by atoms with Gasteiger partial charge in [0, 0.05) is 5.69 Å². The largest absolute Gasteiger partial charge is 0.394 e. The van der Waals surface area contributed by atoms with E-state index in [1.165, 1.54) is 13.3 Å². The second-order valence-corrected chi connectivity index (χ2v) is 5.53. The third-order valence-electron chi connectivity index (χ3n) is 4.02. The number of nitrogens with two attached hydrogens (primary N) is 1. The predicted octanol–water partition coefficient (Wildman–Crippen LogP) is -0.676. The van der Waals surface area contributed by atoms with Crippen molar-refractivity contribution in [3.8, 4) is 0 Å². The molecule has 0 aromatic carbocycles. The van der Waals surface area contributed by atoms with Gasteiger partial charge in [0.25, 0.3) is 0 Å². The molecular weight excluding hydrogens is 276 g/mol. The summed E-state index contributed by atoms with van der Waals surface area (Å²) in [6.07, 6.45) is -1.61. The molecule has 2 aromatic rings.